The average Bonchev–Trinajstić information content (AvgIpc) is 3.64. The van der Waals surface area contributed by atoms with Crippen LogP contribution in [0.3, 0.4) is 0 Å². The maximum atomic E-state index is 14.2. The summed E-state index contributed by atoms with van der Waals surface area (Å²) >= 11 is 0. The third kappa shape index (κ3) is 5.26. The Morgan fingerprint density at radius 3 is 2.28 bits per heavy atom. The van der Waals surface area contributed by atoms with Gasteiger partial charge in [-0.05, 0) is 52.3 Å². The van der Waals surface area contributed by atoms with Crippen LogP contribution in [-0.4, -0.2) is 78.9 Å². The Hall–Kier alpha value is -5.29. The minimum atomic E-state index is -4.11. The summed E-state index contributed by atoms with van der Waals surface area (Å²) < 4.78 is 36.7. The van der Waals surface area contributed by atoms with Crippen molar-refractivity contribution in [2.45, 2.75) is 56.7 Å². The van der Waals surface area contributed by atoms with E-state index in [1.54, 1.807) is 71.7 Å². The fourth-order valence-electron chi connectivity index (χ4n) is 6.33. The van der Waals surface area contributed by atoms with Crippen molar-refractivity contribution in [1.82, 2.24) is 33.6 Å². The summed E-state index contributed by atoms with van der Waals surface area (Å²) in [7, 11) is -2.36. The topological polar surface area (TPSA) is 152 Å². The quantitative estimate of drug-likeness (QED) is 0.265. The van der Waals surface area contributed by atoms with Gasteiger partial charge >= 0.3 is 6.09 Å². The number of piperidine rings is 1. The number of aryl methyl sites for hydroxylation is 2. The number of anilines is 1. The highest BCUT2D eigenvalue weighted by Crippen LogP contribution is 2.39. The van der Waals surface area contributed by atoms with Gasteiger partial charge in [-0.3, -0.25) is 9.58 Å². The van der Waals surface area contributed by atoms with Crippen molar-refractivity contribution in [2.75, 3.05) is 18.0 Å². The van der Waals surface area contributed by atoms with Crippen LogP contribution in [-0.2, 0) is 21.8 Å². The summed E-state index contributed by atoms with van der Waals surface area (Å²) in [5, 5.41) is 14.8. The zero-order valence-electron chi connectivity index (χ0n) is 26.6. The molecule has 1 aromatic carbocycles. The lowest BCUT2D eigenvalue weighted by atomic mass is 9.88. The molecule has 3 saturated heterocycles. The van der Waals surface area contributed by atoms with E-state index in [1.165, 1.54) is 10.2 Å². The van der Waals surface area contributed by atoms with Crippen LogP contribution in [0.2, 0.25) is 0 Å². The molecular formula is C33H33N9O4S. The van der Waals surface area contributed by atoms with Crippen molar-refractivity contribution in [2.24, 2.45) is 7.05 Å². The largest absolute Gasteiger partial charge is 0.444 e. The van der Waals surface area contributed by atoms with Gasteiger partial charge in [0.2, 0.25) is 5.95 Å². The number of amides is 1. The lowest BCUT2D eigenvalue weighted by molar-refractivity contribution is -0.0381. The predicted octanol–water partition coefficient (Wildman–Crippen LogP) is 4.51. The number of carbonyl (C=O) groups is 1. The zero-order chi connectivity index (χ0) is 33.2. The van der Waals surface area contributed by atoms with Crippen LogP contribution in [0.25, 0.3) is 33.4 Å². The summed E-state index contributed by atoms with van der Waals surface area (Å²) in [4.78, 5) is 30.5. The number of hydrogen-bond donors (Lipinski definition) is 0. The third-order valence-corrected chi connectivity index (χ3v) is 10.2. The van der Waals surface area contributed by atoms with E-state index in [9.17, 15) is 18.5 Å². The average molecular weight is 652 g/mol. The number of pyridine rings is 1. The van der Waals surface area contributed by atoms with E-state index in [0.29, 0.717) is 46.8 Å². The van der Waals surface area contributed by atoms with Crippen molar-refractivity contribution in [3.05, 3.63) is 72.4 Å². The molecule has 5 aromatic rings. The van der Waals surface area contributed by atoms with Crippen LogP contribution in [0, 0.1) is 18.3 Å². The number of aromatic nitrogens is 6. The molecular weight excluding hydrogens is 618 g/mol. The Bertz CT molecular complexity index is 2160. The molecule has 8 rings (SSSR count). The number of hydrogen-bond acceptors (Lipinski definition) is 10. The molecule has 0 aliphatic carbocycles. The van der Waals surface area contributed by atoms with Crippen LogP contribution in [0.4, 0.5) is 10.7 Å². The number of benzene rings is 1. The molecule has 2 bridgehead atoms. The molecule has 0 saturated carbocycles. The van der Waals surface area contributed by atoms with E-state index >= 15 is 0 Å². The zero-order valence-corrected chi connectivity index (χ0v) is 27.4. The van der Waals surface area contributed by atoms with Gasteiger partial charge in [0.1, 0.15) is 11.7 Å². The maximum Gasteiger partial charge on any atom is 0.410 e. The molecule has 0 N–H and O–H groups in total. The van der Waals surface area contributed by atoms with Crippen molar-refractivity contribution in [3.8, 4) is 28.5 Å². The highest BCUT2D eigenvalue weighted by Gasteiger charge is 2.49. The number of carbonyl (C=O) groups excluding carboxylic acids is 1. The van der Waals surface area contributed by atoms with Gasteiger partial charge in [0.25, 0.3) is 10.0 Å². The van der Waals surface area contributed by atoms with Crippen LogP contribution in [0.15, 0.2) is 66.2 Å². The molecule has 2 atom stereocenters. The molecule has 4 aromatic heterocycles. The Balaban J connectivity index is 1.27. The second kappa shape index (κ2) is 10.9. The van der Waals surface area contributed by atoms with Gasteiger partial charge in [0.05, 0.1) is 34.4 Å². The highest BCUT2D eigenvalue weighted by atomic mass is 32.2. The van der Waals surface area contributed by atoms with Gasteiger partial charge in [0, 0.05) is 67.0 Å². The minimum absolute atomic E-state index is 0.0121. The lowest BCUT2D eigenvalue weighted by Crippen LogP contribution is -2.70. The van der Waals surface area contributed by atoms with E-state index in [4.69, 9.17) is 4.74 Å². The Morgan fingerprint density at radius 2 is 1.68 bits per heavy atom. The number of nitrogens with zero attached hydrogens (tertiary/aromatic N) is 9. The molecule has 3 aliphatic rings. The summed E-state index contributed by atoms with van der Waals surface area (Å²) in [6, 6.07) is 10.6. The number of piperazine rings is 1. The third-order valence-electron chi connectivity index (χ3n) is 8.48. The van der Waals surface area contributed by atoms with Gasteiger partial charge in [-0.1, -0.05) is 17.7 Å². The predicted molar refractivity (Wildman–Crippen MR) is 174 cm³/mol. The molecule has 3 fully saturated rings. The first kappa shape index (κ1) is 30.4. The number of nitriles is 1. The van der Waals surface area contributed by atoms with Crippen LogP contribution < -0.4 is 4.90 Å². The molecule has 7 heterocycles. The van der Waals surface area contributed by atoms with Crippen molar-refractivity contribution in [1.29, 1.82) is 5.26 Å². The van der Waals surface area contributed by atoms with Crippen LogP contribution >= 0.6 is 0 Å². The van der Waals surface area contributed by atoms with Crippen LogP contribution in [0.1, 0.15) is 38.3 Å². The van der Waals surface area contributed by atoms with Crippen molar-refractivity contribution in [3.63, 3.8) is 0 Å². The molecule has 0 spiro atoms. The first-order valence-corrected chi connectivity index (χ1v) is 16.6. The fourth-order valence-corrected chi connectivity index (χ4v) is 7.81. The van der Waals surface area contributed by atoms with E-state index < -0.39 is 15.6 Å². The van der Waals surface area contributed by atoms with E-state index in [0.717, 1.165) is 12.0 Å². The molecule has 0 radical (unpaired) electrons. The van der Waals surface area contributed by atoms with E-state index in [1.807, 2.05) is 32.6 Å². The first-order valence-electron chi connectivity index (χ1n) is 15.2. The van der Waals surface area contributed by atoms with E-state index in [2.05, 4.69) is 26.1 Å². The summed E-state index contributed by atoms with van der Waals surface area (Å²) in [6.07, 6.45) is 8.57. The van der Waals surface area contributed by atoms with E-state index in [-0.39, 0.29) is 34.3 Å². The molecule has 2 unspecified atom stereocenters. The number of ether oxygens (including phenoxy) is 1. The second-order valence-corrected chi connectivity index (χ2v) is 14.8. The monoisotopic (exact) mass is 651 g/mol. The summed E-state index contributed by atoms with van der Waals surface area (Å²) in [6.45, 7) is 8.61. The van der Waals surface area contributed by atoms with Crippen molar-refractivity contribution < 1.29 is 17.9 Å². The molecule has 14 heteroatoms. The molecule has 240 valence electrons. The Morgan fingerprint density at radius 1 is 1.00 bits per heavy atom. The van der Waals surface area contributed by atoms with Gasteiger partial charge in [-0.2, -0.15) is 10.4 Å². The lowest BCUT2D eigenvalue weighted by Gasteiger charge is -2.55. The SMILES string of the molecule is Cc1ccc(S(=O)(=O)n2c(-c3cnn(C)c3)cc3c(-c4cnc(N5CC6CC(C5)N6C(=O)OC(C)(C)C)nc4)c(C#N)cnc32)cc1. The van der Waals surface area contributed by atoms with Gasteiger partial charge in [0.15, 0.2) is 5.65 Å². The van der Waals surface area contributed by atoms with Crippen molar-refractivity contribution >= 4 is 33.1 Å². The van der Waals surface area contributed by atoms with Crippen LogP contribution in [0.5, 0.6) is 0 Å². The van der Waals surface area contributed by atoms with Gasteiger partial charge < -0.3 is 9.64 Å². The normalized spacial score (nSPS) is 17.8. The first-order chi connectivity index (χ1) is 22.3. The smallest absolute Gasteiger partial charge is 0.410 e. The molecule has 47 heavy (non-hydrogen) atoms. The minimum Gasteiger partial charge on any atom is -0.444 e. The molecule has 1 amide bonds. The fraction of sp³-hybridized carbons (Fsp3) is 0.333. The molecule has 13 nitrogen and oxygen atoms in total. The van der Waals surface area contributed by atoms with Gasteiger partial charge in [-0.15, -0.1) is 0 Å². The van der Waals surface area contributed by atoms with Gasteiger partial charge in [-0.25, -0.2) is 32.1 Å². The Labute approximate surface area is 272 Å². The molecule has 3 aliphatic heterocycles. The second-order valence-electron chi connectivity index (χ2n) is 13.0. The maximum absolute atomic E-state index is 14.2. The summed E-state index contributed by atoms with van der Waals surface area (Å²) in [5.74, 6) is 0.506. The Kier molecular flexibility index (Phi) is 7.05. The number of fused-ring (bicyclic) bond motifs is 3. The summed E-state index contributed by atoms with van der Waals surface area (Å²) in [5.41, 5.74) is 2.73. The standard InChI is InChI=1S/C33H33N9O4S/c1-20-6-8-26(9-7-20)47(44,45)42-28(23-16-38-39(5)17-23)11-27-29(21(12-34)13-35-30(27)42)22-14-36-31(37-15-22)40-18-24-10-25(19-40)41(24)32(43)46-33(2,3)4/h6-9,11,13-17,24-25H,10,18-19H2,1-5H3. The highest BCUT2D eigenvalue weighted by molar-refractivity contribution is 7.90. The number of rotatable bonds is 5.